The highest BCUT2D eigenvalue weighted by Gasteiger charge is 2.18. The average molecular weight is 236 g/mol. The topological polar surface area (TPSA) is 58.7 Å². The minimum Gasteiger partial charge on any atom is -0.506 e. The van der Waals surface area contributed by atoms with Gasteiger partial charge < -0.3 is 15.6 Å². The van der Waals surface area contributed by atoms with Crippen molar-refractivity contribution >= 4 is 5.69 Å². The van der Waals surface area contributed by atoms with Gasteiger partial charge in [0.15, 0.2) is 0 Å². The van der Waals surface area contributed by atoms with Crippen LogP contribution in [0.1, 0.15) is 18.4 Å². The molecule has 1 saturated heterocycles. The number of phenolic OH excluding ortho intramolecular Hbond substituents is 1. The van der Waals surface area contributed by atoms with Crippen LogP contribution in [0, 0.1) is 0 Å². The maximum atomic E-state index is 9.37. The van der Waals surface area contributed by atoms with Gasteiger partial charge in [-0.1, -0.05) is 6.07 Å². The molecule has 1 heterocycles. The van der Waals surface area contributed by atoms with Crippen molar-refractivity contribution in [2.45, 2.75) is 25.4 Å². The predicted molar refractivity (Wildman–Crippen MR) is 67.8 cm³/mol. The summed E-state index contributed by atoms with van der Waals surface area (Å²) in [5, 5.41) is 9.37. The van der Waals surface area contributed by atoms with Crippen LogP contribution < -0.4 is 5.73 Å². The van der Waals surface area contributed by atoms with Gasteiger partial charge in [-0.15, -0.1) is 0 Å². The van der Waals surface area contributed by atoms with E-state index in [-0.39, 0.29) is 5.75 Å². The molecule has 0 amide bonds. The number of nitrogens with two attached hydrogens (primary N) is 1. The summed E-state index contributed by atoms with van der Waals surface area (Å²) in [6.45, 7) is 2.56. The molecule has 0 aliphatic carbocycles. The normalized spacial score (nSPS) is 17.5. The predicted octanol–water partition coefficient (Wildman–Crippen LogP) is 1.59. The summed E-state index contributed by atoms with van der Waals surface area (Å²) < 4.78 is 5.36. The number of phenols is 1. The molecule has 1 aliphatic rings. The Morgan fingerprint density at radius 1 is 1.41 bits per heavy atom. The maximum Gasteiger partial charge on any atom is 0.138 e. The van der Waals surface area contributed by atoms with Crippen LogP contribution >= 0.6 is 0 Å². The highest BCUT2D eigenvalue weighted by atomic mass is 16.5. The van der Waals surface area contributed by atoms with Crippen molar-refractivity contribution in [3.8, 4) is 5.75 Å². The minimum atomic E-state index is 0.155. The highest BCUT2D eigenvalue weighted by Crippen LogP contribution is 2.22. The van der Waals surface area contributed by atoms with Gasteiger partial charge in [-0.3, -0.25) is 4.90 Å². The Morgan fingerprint density at radius 2 is 2.12 bits per heavy atom. The molecule has 1 aromatic rings. The molecule has 0 spiro atoms. The fraction of sp³-hybridized carbons (Fsp3) is 0.538. The smallest absolute Gasteiger partial charge is 0.138 e. The maximum absolute atomic E-state index is 9.37. The summed E-state index contributed by atoms with van der Waals surface area (Å²) >= 11 is 0. The number of ether oxygens (including phenoxy) is 1. The van der Waals surface area contributed by atoms with E-state index in [4.69, 9.17) is 10.5 Å². The number of benzene rings is 1. The first kappa shape index (κ1) is 12.2. The lowest BCUT2D eigenvalue weighted by molar-refractivity contribution is 0.0407. The molecule has 17 heavy (non-hydrogen) atoms. The summed E-state index contributed by atoms with van der Waals surface area (Å²) in [4.78, 5) is 2.33. The standard InChI is InChI=1S/C13H20N2O2/c1-15(11-4-6-17-7-5-11)9-10-2-3-13(16)12(14)8-10/h2-3,8,11,16H,4-7,9,14H2,1H3. The highest BCUT2D eigenvalue weighted by molar-refractivity contribution is 5.53. The molecule has 1 fully saturated rings. The second-order valence-corrected chi connectivity index (χ2v) is 4.65. The molecule has 0 saturated carbocycles. The Balaban J connectivity index is 1.96. The van der Waals surface area contributed by atoms with Crippen molar-refractivity contribution in [1.82, 2.24) is 4.90 Å². The zero-order valence-electron chi connectivity index (χ0n) is 10.2. The van der Waals surface area contributed by atoms with Gasteiger partial charge in [0.05, 0.1) is 5.69 Å². The third-order valence-electron chi connectivity index (χ3n) is 3.34. The van der Waals surface area contributed by atoms with Gasteiger partial charge in [-0.05, 0) is 37.6 Å². The minimum absolute atomic E-state index is 0.155. The number of hydrogen-bond donors (Lipinski definition) is 2. The Labute approximate surface area is 102 Å². The molecule has 0 bridgehead atoms. The Bertz CT molecular complexity index is 376. The van der Waals surface area contributed by atoms with Crippen LogP contribution in [0.2, 0.25) is 0 Å². The Morgan fingerprint density at radius 3 is 2.76 bits per heavy atom. The molecule has 2 rings (SSSR count). The van der Waals surface area contributed by atoms with Crippen LogP contribution in [-0.2, 0) is 11.3 Å². The van der Waals surface area contributed by atoms with E-state index in [0.717, 1.165) is 38.2 Å². The van der Waals surface area contributed by atoms with Gasteiger partial charge >= 0.3 is 0 Å². The summed E-state index contributed by atoms with van der Waals surface area (Å²) in [5.41, 5.74) is 7.27. The first-order valence-electron chi connectivity index (χ1n) is 6.02. The van der Waals surface area contributed by atoms with Crippen LogP contribution in [0.4, 0.5) is 5.69 Å². The van der Waals surface area contributed by atoms with E-state index in [1.807, 2.05) is 12.1 Å². The number of anilines is 1. The molecule has 1 aromatic carbocycles. The molecule has 4 heteroatoms. The first-order valence-corrected chi connectivity index (χ1v) is 6.02. The monoisotopic (exact) mass is 236 g/mol. The lowest BCUT2D eigenvalue weighted by atomic mass is 10.1. The Kier molecular flexibility index (Phi) is 3.86. The zero-order chi connectivity index (χ0) is 12.3. The third kappa shape index (κ3) is 3.11. The fourth-order valence-electron chi connectivity index (χ4n) is 2.25. The average Bonchev–Trinajstić information content (AvgIpc) is 2.35. The number of rotatable bonds is 3. The van der Waals surface area contributed by atoms with Crippen LogP contribution in [-0.4, -0.2) is 36.3 Å². The molecule has 4 nitrogen and oxygen atoms in total. The molecule has 0 unspecified atom stereocenters. The van der Waals surface area contributed by atoms with Crippen LogP contribution in [0.5, 0.6) is 5.75 Å². The van der Waals surface area contributed by atoms with E-state index in [1.54, 1.807) is 6.07 Å². The van der Waals surface area contributed by atoms with Gasteiger partial charge in [0.1, 0.15) is 5.75 Å². The Hall–Kier alpha value is -1.26. The van der Waals surface area contributed by atoms with Crippen molar-refractivity contribution in [2.24, 2.45) is 0 Å². The van der Waals surface area contributed by atoms with Crippen molar-refractivity contribution in [1.29, 1.82) is 0 Å². The summed E-state index contributed by atoms with van der Waals surface area (Å²) in [6, 6.07) is 5.99. The van der Waals surface area contributed by atoms with E-state index >= 15 is 0 Å². The number of aromatic hydroxyl groups is 1. The molecular weight excluding hydrogens is 216 g/mol. The van der Waals surface area contributed by atoms with E-state index in [9.17, 15) is 5.11 Å². The van der Waals surface area contributed by atoms with Crippen molar-refractivity contribution in [2.75, 3.05) is 26.0 Å². The number of nitrogens with zero attached hydrogens (tertiary/aromatic N) is 1. The molecule has 3 N–H and O–H groups in total. The van der Waals surface area contributed by atoms with Gasteiger partial charge in [0.25, 0.3) is 0 Å². The molecular formula is C13H20N2O2. The number of hydrogen-bond acceptors (Lipinski definition) is 4. The largest absolute Gasteiger partial charge is 0.506 e. The summed E-state index contributed by atoms with van der Waals surface area (Å²) in [7, 11) is 2.12. The van der Waals surface area contributed by atoms with Gasteiger partial charge in [-0.2, -0.15) is 0 Å². The zero-order valence-corrected chi connectivity index (χ0v) is 10.2. The van der Waals surface area contributed by atoms with Crippen molar-refractivity contribution in [3.63, 3.8) is 0 Å². The molecule has 94 valence electrons. The van der Waals surface area contributed by atoms with Crippen molar-refractivity contribution < 1.29 is 9.84 Å². The quantitative estimate of drug-likeness (QED) is 0.618. The second kappa shape index (κ2) is 5.38. The van der Waals surface area contributed by atoms with Crippen LogP contribution in [0.25, 0.3) is 0 Å². The summed E-state index contributed by atoms with van der Waals surface area (Å²) in [5.74, 6) is 0.155. The molecule has 1 aliphatic heterocycles. The lowest BCUT2D eigenvalue weighted by Crippen LogP contribution is -2.36. The SMILES string of the molecule is CN(Cc1ccc(O)c(N)c1)C1CCOCC1. The number of nitrogen functional groups attached to an aromatic ring is 1. The first-order chi connectivity index (χ1) is 8.16. The van der Waals surface area contributed by atoms with E-state index in [2.05, 4.69) is 11.9 Å². The van der Waals surface area contributed by atoms with E-state index in [1.165, 1.54) is 0 Å². The van der Waals surface area contributed by atoms with Crippen LogP contribution in [0.15, 0.2) is 18.2 Å². The van der Waals surface area contributed by atoms with E-state index in [0.29, 0.717) is 11.7 Å². The van der Waals surface area contributed by atoms with E-state index < -0.39 is 0 Å². The van der Waals surface area contributed by atoms with Gasteiger partial charge in [-0.25, -0.2) is 0 Å². The van der Waals surface area contributed by atoms with Gasteiger partial charge in [0, 0.05) is 25.8 Å². The third-order valence-corrected chi connectivity index (χ3v) is 3.34. The van der Waals surface area contributed by atoms with Crippen LogP contribution in [0.3, 0.4) is 0 Å². The fourth-order valence-corrected chi connectivity index (χ4v) is 2.25. The molecule has 0 atom stereocenters. The van der Waals surface area contributed by atoms with Crippen molar-refractivity contribution in [3.05, 3.63) is 23.8 Å². The van der Waals surface area contributed by atoms with Gasteiger partial charge in [0.2, 0.25) is 0 Å². The second-order valence-electron chi connectivity index (χ2n) is 4.65. The molecule has 0 aromatic heterocycles. The lowest BCUT2D eigenvalue weighted by Gasteiger charge is -2.31. The summed E-state index contributed by atoms with van der Waals surface area (Å²) in [6.07, 6.45) is 2.17. The molecule has 0 radical (unpaired) electrons.